The molecule has 0 fully saturated rings. The highest BCUT2D eigenvalue weighted by Crippen LogP contribution is 2.44. The third-order valence-electron chi connectivity index (χ3n) is 18.7. The van der Waals surface area contributed by atoms with Crippen LogP contribution in [0, 0.1) is 17.9 Å². The van der Waals surface area contributed by atoms with Crippen LogP contribution in [0.1, 0.15) is 116 Å². The molecule has 0 saturated carbocycles. The van der Waals surface area contributed by atoms with Crippen LogP contribution in [0.2, 0.25) is 10.0 Å². The number of halogens is 2. The molecule has 20 heteroatoms. The smallest absolute Gasteiger partial charge is 0.280 e. The van der Waals surface area contributed by atoms with Crippen molar-refractivity contribution in [2.45, 2.75) is 26.7 Å². The number of aromatic hydroxyl groups is 4. The molecule has 0 bridgehead atoms. The summed E-state index contributed by atoms with van der Waals surface area (Å²) in [6.07, 6.45) is 1.90. The van der Waals surface area contributed by atoms with Gasteiger partial charge < -0.3 is 40.4 Å². The molecule has 106 heavy (non-hydrogen) atoms. The minimum Gasteiger partial charge on any atom is -0.494 e. The maximum Gasteiger partial charge on any atom is 0.280 e. The molecule has 4 aliphatic heterocycles. The number of rotatable bonds is 10. The molecule has 4 amide bonds. The molecule has 0 aliphatic carbocycles. The van der Waals surface area contributed by atoms with Gasteiger partial charge in [0.25, 0.3) is 23.6 Å². The van der Waals surface area contributed by atoms with Gasteiger partial charge in [-0.1, -0.05) is 225 Å². The van der Waals surface area contributed by atoms with E-state index in [9.17, 15) is 39.6 Å². The lowest BCUT2D eigenvalue weighted by Crippen LogP contribution is -2.00. The van der Waals surface area contributed by atoms with Crippen molar-refractivity contribution in [1.82, 2.24) is 19.9 Å². The van der Waals surface area contributed by atoms with Gasteiger partial charge in [0, 0.05) is 43.4 Å². The Balaban J connectivity index is 0.000000114. The first-order valence-electron chi connectivity index (χ1n) is 33.5. The zero-order valence-corrected chi connectivity index (χ0v) is 57.7. The van der Waals surface area contributed by atoms with E-state index in [4.69, 9.17) is 35.0 Å². The molecule has 4 aliphatic rings. The minimum absolute atomic E-state index is 0.0151. The van der Waals surface area contributed by atoms with Crippen LogP contribution in [0.15, 0.2) is 250 Å². The number of hydrogen-bond donors (Lipinski definition) is 8. The van der Waals surface area contributed by atoms with Crippen LogP contribution < -0.4 is 0 Å². The lowest BCUT2D eigenvalue weighted by molar-refractivity contribution is 0.0998. The van der Waals surface area contributed by atoms with Crippen molar-refractivity contribution in [3.8, 4) is 74.6 Å². The summed E-state index contributed by atoms with van der Waals surface area (Å²) >= 11 is 12.0. The summed E-state index contributed by atoms with van der Waals surface area (Å²) in [5, 5.41) is 56.3. The Labute approximate surface area is 614 Å². The van der Waals surface area contributed by atoms with Crippen molar-refractivity contribution in [2.24, 2.45) is 20.0 Å². The van der Waals surface area contributed by atoms with E-state index in [-0.39, 0.29) is 40.9 Å². The number of hydrogen-bond acceptors (Lipinski definition) is 9. The zero-order chi connectivity index (χ0) is 73.6. The number of aromatic amines is 4. The molecule has 512 valence electrons. The summed E-state index contributed by atoms with van der Waals surface area (Å²) in [4.78, 5) is 82.4. The van der Waals surface area contributed by atoms with E-state index in [2.05, 4.69) is 58.6 Å². The van der Waals surface area contributed by atoms with E-state index in [1.54, 1.807) is 91.0 Å². The summed E-state index contributed by atoms with van der Waals surface area (Å²) in [6.45, 7) is 11.3. The minimum atomic E-state index is -0.475. The van der Waals surface area contributed by atoms with Crippen molar-refractivity contribution < 1.29 is 39.6 Å². The number of nitrogens with zero attached hydrogens (tertiary/aromatic N) is 6. The number of aromatic nitrogens is 4. The van der Waals surface area contributed by atoms with Crippen molar-refractivity contribution in [3.63, 3.8) is 0 Å². The fraction of sp³-hybridized carbons (Fsp3) is 0.0465. The number of H-pyrrole nitrogens is 4. The van der Waals surface area contributed by atoms with Crippen LogP contribution in [0.25, 0.3) is 71.4 Å². The number of nitriles is 1. The summed E-state index contributed by atoms with van der Waals surface area (Å²) in [7, 11) is 0. The Morgan fingerprint density at radius 3 is 1.25 bits per heavy atom. The maximum absolute atomic E-state index is 13.0. The van der Waals surface area contributed by atoms with Gasteiger partial charge in [0.1, 0.15) is 0 Å². The fourth-order valence-corrected chi connectivity index (χ4v) is 14.1. The molecule has 0 spiro atoms. The van der Waals surface area contributed by atoms with Gasteiger partial charge in [0.05, 0.1) is 108 Å². The molecule has 10 aromatic carbocycles. The molecular weight excluding hydrogens is 1370 g/mol. The zero-order valence-electron chi connectivity index (χ0n) is 56.2. The Kier molecular flexibility index (Phi) is 17.9. The first-order chi connectivity index (χ1) is 51.5. The first kappa shape index (κ1) is 67.8. The molecule has 0 unspecified atom stereocenters. The number of nitrogens with one attached hydrogen (secondary N) is 4. The van der Waals surface area contributed by atoms with E-state index in [0.29, 0.717) is 128 Å². The average molecular weight is 1430 g/mol. The molecule has 4 aromatic heterocycles. The van der Waals surface area contributed by atoms with Gasteiger partial charge >= 0.3 is 0 Å². The van der Waals surface area contributed by atoms with Gasteiger partial charge in [-0.05, 0) is 99.1 Å². The summed E-state index contributed by atoms with van der Waals surface area (Å²) in [5.41, 5.74) is 16.3. The lowest BCUT2D eigenvalue weighted by atomic mass is 9.95. The van der Waals surface area contributed by atoms with Gasteiger partial charge in [-0.15, -0.1) is 0 Å². The second kappa shape index (κ2) is 28.1. The van der Waals surface area contributed by atoms with E-state index >= 15 is 0 Å². The highest BCUT2D eigenvalue weighted by Gasteiger charge is 2.38. The number of aryl methyl sites for hydroxylation is 2. The number of benzene rings is 10. The summed E-state index contributed by atoms with van der Waals surface area (Å²) in [6, 6.07) is 73.3. The van der Waals surface area contributed by atoms with Crippen molar-refractivity contribution in [2.75, 3.05) is 0 Å². The first-order valence-corrected chi connectivity index (χ1v) is 34.2. The number of aliphatic imine (C=N–C) groups is 4. The summed E-state index contributed by atoms with van der Waals surface area (Å²) < 4.78 is 0. The van der Waals surface area contributed by atoms with Gasteiger partial charge in [0.2, 0.25) is 0 Å². The van der Waals surface area contributed by atoms with E-state index in [1.165, 1.54) is 11.1 Å². The molecule has 8 heterocycles. The predicted molar refractivity (Wildman–Crippen MR) is 412 cm³/mol. The third kappa shape index (κ3) is 12.4. The van der Waals surface area contributed by atoms with Crippen LogP contribution in [-0.4, -0.2) is 86.8 Å². The SMILES string of the molecule is CCc1ccc(C2=NC(=O)c3c(-c4ccc(CC)cc4)[nH]c(O)c32)cc1.O=C1N=C(c2cccc(Cl)c2)c2c(O)[nH]c(-c3cccc(Cl)c3)c21.O=C1N=C(c2cccc3ccccc23)c2c(O)[nH]c(-c3cccc4ccccc34)c21.[C-]#[N+]c1cccc(-c2[nH]c(O)c3c2C(=O)N=C3c2cccc(C#N)c2)c1. The molecule has 8 N–H and O–H groups in total. The van der Waals surface area contributed by atoms with E-state index < -0.39 is 11.8 Å². The molecule has 0 atom stereocenters. The topological polar surface area (TPSA) is 290 Å². The highest BCUT2D eigenvalue weighted by molar-refractivity contribution is 6.36. The Bertz CT molecular complexity index is 6240. The molecule has 14 aromatic rings. The lowest BCUT2D eigenvalue weighted by Gasteiger charge is -2.06. The number of amides is 4. The number of carbonyl (C=O) groups is 4. The third-order valence-corrected chi connectivity index (χ3v) is 19.2. The van der Waals surface area contributed by atoms with Gasteiger partial charge in [-0.25, -0.2) is 24.8 Å². The molecule has 18 rings (SSSR count). The standard InChI is InChI=1S/C26H16N2O2.C22H20N2O2.C20H10N4O2.C18H10Cl2N2O2/c29-25-21-22(24(28-25)20-14-6-10-16-8-2-4-12-18(16)20)26(30)27-23(21)19-13-5-9-15-7-1-3-11-17(15)19;1-3-13-5-9-15(10-6-13)19-17-18(22(26)23-19)20(24-21(17)25)16-11-7-14(4-2)8-12-16;1-22-14-7-3-6-13(9-14)18-16-15(19(25)24-18)17(23-20(16)26)12-5-2-4-11(8-12)10-21;19-11-5-1-3-9(7-11)15-13-14(18(24)21-15)16(22-17(13)23)10-4-2-6-12(20)8-10/h1-14,27,30H;5-12,23,26H,3-4H2,1-2H3;2-9,24-25H;1-8,21,24H. The predicted octanol–water partition coefficient (Wildman–Crippen LogP) is 18.7. The normalized spacial score (nSPS) is 12.8. The van der Waals surface area contributed by atoms with E-state index in [0.717, 1.165) is 56.6 Å². The quantitative estimate of drug-likeness (QED) is 0.0603. The Hall–Kier alpha value is -14.0. The van der Waals surface area contributed by atoms with Gasteiger partial charge in [0.15, 0.2) is 29.2 Å². The van der Waals surface area contributed by atoms with Crippen molar-refractivity contribution >= 4 is 96.9 Å². The molecule has 0 radical (unpaired) electrons. The van der Waals surface area contributed by atoms with Crippen molar-refractivity contribution in [1.29, 1.82) is 5.26 Å². The molecular formula is C86H56Cl2N10O8. The number of fused-ring (bicyclic) bond motifs is 6. The Morgan fingerprint density at radius 1 is 0.377 bits per heavy atom. The molecule has 18 nitrogen and oxygen atoms in total. The second-order valence-corrected chi connectivity index (χ2v) is 25.9. The van der Waals surface area contributed by atoms with Crippen LogP contribution in [0.3, 0.4) is 0 Å². The number of carbonyl (C=O) groups excluding carboxylic acids is 4. The van der Waals surface area contributed by atoms with E-state index in [1.807, 2.05) is 146 Å². The fourth-order valence-electron chi connectivity index (χ4n) is 13.7. The highest BCUT2D eigenvalue weighted by atomic mass is 35.5. The Morgan fingerprint density at radius 2 is 0.745 bits per heavy atom. The monoisotopic (exact) mass is 1430 g/mol. The molecule has 0 saturated heterocycles. The summed E-state index contributed by atoms with van der Waals surface area (Å²) in [5.74, 6) is -1.87. The average Bonchev–Trinajstić information content (AvgIpc) is 1.61. The van der Waals surface area contributed by atoms with Gasteiger partial charge in [-0.2, -0.15) is 5.26 Å². The largest absolute Gasteiger partial charge is 0.494 e. The van der Waals surface area contributed by atoms with Crippen LogP contribution in [0.4, 0.5) is 5.69 Å². The van der Waals surface area contributed by atoms with Crippen LogP contribution in [-0.2, 0) is 12.8 Å². The maximum atomic E-state index is 13.0. The second-order valence-electron chi connectivity index (χ2n) is 25.0. The van der Waals surface area contributed by atoms with Crippen LogP contribution >= 0.6 is 23.2 Å². The van der Waals surface area contributed by atoms with Gasteiger partial charge in [-0.3, -0.25) is 19.2 Å². The van der Waals surface area contributed by atoms with Crippen molar-refractivity contribution in [3.05, 3.63) is 335 Å². The van der Waals surface area contributed by atoms with Crippen LogP contribution in [0.5, 0.6) is 23.5 Å².